The highest BCUT2D eigenvalue weighted by atomic mass is 79.9. The van der Waals surface area contributed by atoms with Crippen molar-refractivity contribution in [3.63, 3.8) is 0 Å². The van der Waals surface area contributed by atoms with Gasteiger partial charge in [-0.15, -0.1) is 0 Å². The van der Waals surface area contributed by atoms with Gasteiger partial charge in [0.15, 0.2) is 0 Å². The van der Waals surface area contributed by atoms with Crippen LogP contribution >= 0.6 is 15.9 Å². The van der Waals surface area contributed by atoms with Crippen LogP contribution in [0.25, 0.3) is 0 Å². The Morgan fingerprint density at radius 1 is 1.45 bits per heavy atom. The zero-order valence-corrected chi connectivity index (χ0v) is 13.1. The molecule has 0 radical (unpaired) electrons. The molecule has 0 bridgehead atoms. The van der Waals surface area contributed by atoms with E-state index < -0.39 is 10.0 Å². The number of piperidine rings is 1. The topological polar surface area (TPSA) is 101 Å². The molecule has 1 amide bonds. The molecule has 2 rings (SSSR count). The van der Waals surface area contributed by atoms with E-state index in [4.69, 9.17) is 5.14 Å². The SMILES string of the molecule is NS(=O)(=O)c1ccc(NC(=O)[C@H]2CCCNC2)c(Br)c1. The fraction of sp³-hybridized carbons (Fsp3) is 0.417. The summed E-state index contributed by atoms with van der Waals surface area (Å²) < 4.78 is 22.9. The molecular formula is C12H16BrN3O3S. The summed E-state index contributed by atoms with van der Waals surface area (Å²) in [5.74, 6) is -0.130. The Hall–Kier alpha value is -0.960. The van der Waals surface area contributed by atoms with Gasteiger partial charge in [0, 0.05) is 11.0 Å². The first kappa shape index (κ1) is 15.4. The van der Waals surface area contributed by atoms with Crippen molar-refractivity contribution in [2.24, 2.45) is 11.1 Å². The van der Waals surface area contributed by atoms with Crippen LogP contribution in [-0.2, 0) is 14.8 Å². The second-order valence-corrected chi connectivity index (χ2v) is 7.13. The molecule has 1 fully saturated rings. The molecule has 1 heterocycles. The summed E-state index contributed by atoms with van der Waals surface area (Å²) in [6.07, 6.45) is 1.83. The summed E-state index contributed by atoms with van der Waals surface area (Å²) in [7, 11) is -3.74. The number of carbonyl (C=O) groups is 1. The van der Waals surface area contributed by atoms with Gasteiger partial charge in [-0.3, -0.25) is 4.79 Å². The van der Waals surface area contributed by atoms with Crippen LogP contribution in [0.15, 0.2) is 27.6 Å². The molecule has 0 spiro atoms. The number of carbonyl (C=O) groups excluding carboxylic acids is 1. The first-order valence-corrected chi connectivity index (χ1v) is 8.56. The number of primary sulfonamides is 1. The average molecular weight is 362 g/mol. The summed E-state index contributed by atoms with van der Waals surface area (Å²) in [6.45, 7) is 1.61. The summed E-state index contributed by atoms with van der Waals surface area (Å²) in [5, 5.41) is 11.0. The fourth-order valence-electron chi connectivity index (χ4n) is 2.08. The van der Waals surface area contributed by atoms with E-state index in [1.54, 1.807) is 0 Å². The van der Waals surface area contributed by atoms with Crippen LogP contribution in [0, 0.1) is 5.92 Å². The van der Waals surface area contributed by atoms with Crippen LogP contribution in [0.1, 0.15) is 12.8 Å². The van der Waals surface area contributed by atoms with Crippen LogP contribution in [0.4, 0.5) is 5.69 Å². The number of sulfonamides is 1. The van der Waals surface area contributed by atoms with Crippen LogP contribution in [0.2, 0.25) is 0 Å². The van der Waals surface area contributed by atoms with Gasteiger partial charge in [0.25, 0.3) is 0 Å². The molecule has 1 aliphatic heterocycles. The van der Waals surface area contributed by atoms with Crippen LogP contribution in [0.5, 0.6) is 0 Å². The summed E-state index contributed by atoms with van der Waals surface area (Å²) >= 11 is 3.24. The van der Waals surface area contributed by atoms with Crippen molar-refractivity contribution in [2.45, 2.75) is 17.7 Å². The van der Waals surface area contributed by atoms with Crippen molar-refractivity contribution in [2.75, 3.05) is 18.4 Å². The molecule has 4 N–H and O–H groups in total. The minimum atomic E-state index is -3.74. The Labute approximate surface area is 126 Å². The number of hydrogen-bond donors (Lipinski definition) is 3. The quantitative estimate of drug-likeness (QED) is 0.748. The minimum absolute atomic E-state index is 0.00158. The highest BCUT2D eigenvalue weighted by Crippen LogP contribution is 2.26. The number of hydrogen-bond acceptors (Lipinski definition) is 4. The lowest BCUT2D eigenvalue weighted by molar-refractivity contribution is -0.120. The Bertz CT molecular complexity index is 612. The molecule has 1 aromatic carbocycles. The van der Waals surface area contributed by atoms with Crippen molar-refractivity contribution in [3.8, 4) is 0 Å². The average Bonchev–Trinajstić information content (AvgIpc) is 2.41. The largest absolute Gasteiger partial charge is 0.325 e. The summed E-state index contributed by atoms with van der Waals surface area (Å²) in [4.78, 5) is 12.1. The number of benzene rings is 1. The maximum absolute atomic E-state index is 12.1. The Kier molecular flexibility index (Phi) is 4.79. The third-order valence-corrected chi connectivity index (χ3v) is 4.76. The molecule has 1 saturated heterocycles. The molecular weight excluding hydrogens is 346 g/mol. The summed E-state index contributed by atoms with van der Waals surface area (Å²) in [6, 6.07) is 4.27. The van der Waals surface area contributed by atoms with Crippen molar-refractivity contribution in [1.29, 1.82) is 0 Å². The third kappa shape index (κ3) is 3.78. The maximum atomic E-state index is 12.1. The normalized spacial score (nSPS) is 19.6. The molecule has 1 aromatic rings. The van der Waals surface area contributed by atoms with Crippen LogP contribution in [0.3, 0.4) is 0 Å². The van der Waals surface area contributed by atoms with E-state index >= 15 is 0 Å². The number of anilines is 1. The Morgan fingerprint density at radius 2 is 2.20 bits per heavy atom. The van der Waals surface area contributed by atoms with Gasteiger partial charge in [0.2, 0.25) is 15.9 Å². The van der Waals surface area contributed by atoms with Crippen molar-refractivity contribution >= 4 is 37.5 Å². The summed E-state index contributed by atoms with van der Waals surface area (Å²) in [5.41, 5.74) is 0.535. The Balaban J connectivity index is 2.11. The predicted octanol–water partition coefficient (Wildman–Crippen LogP) is 1.03. The fourth-order valence-corrected chi connectivity index (χ4v) is 3.25. The monoisotopic (exact) mass is 361 g/mol. The van der Waals surface area contributed by atoms with Gasteiger partial charge < -0.3 is 10.6 Å². The van der Waals surface area contributed by atoms with Gasteiger partial charge in [-0.25, -0.2) is 13.6 Å². The molecule has 1 atom stereocenters. The van der Waals surface area contributed by atoms with E-state index in [-0.39, 0.29) is 16.7 Å². The van der Waals surface area contributed by atoms with E-state index in [0.29, 0.717) is 16.7 Å². The molecule has 0 aromatic heterocycles. The second kappa shape index (κ2) is 6.21. The molecule has 20 heavy (non-hydrogen) atoms. The van der Waals surface area contributed by atoms with Gasteiger partial charge in [-0.2, -0.15) is 0 Å². The number of rotatable bonds is 3. The van der Waals surface area contributed by atoms with E-state index in [0.717, 1.165) is 19.4 Å². The van der Waals surface area contributed by atoms with E-state index in [1.807, 2.05) is 0 Å². The smallest absolute Gasteiger partial charge is 0.238 e. The van der Waals surface area contributed by atoms with Crippen molar-refractivity contribution in [1.82, 2.24) is 5.32 Å². The lowest BCUT2D eigenvalue weighted by Crippen LogP contribution is -2.37. The lowest BCUT2D eigenvalue weighted by Gasteiger charge is -2.22. The van der Waals surface area contributed by atoms with Crippen molar-refractivity contribution < 1.29 is 13.2 Å². The molecule has 0 saturated carbocycles. The number of halogens is 1. The van der Waals surface area contributed by atoms with Crippen LogP contribution in [-0.4, -0.2) is 27.4 Å². The second-order valence-electron chi connectivity index (χ2n) is 4.72. The highest BCUT2D eigenvalue weighted by Gasteiger charge is 2.21. The first-order chi connectivity index (χ1) is 9.38. The number of amides is 1. The highest BCUT2D eigenvalue weighted by molar-refractivity contribution is 9.10. The molecule has 8 heteroatoms. The van der Waals surface area contributed by atoms with Gasteiger partial charge in [0.05, 0.1) is 16.5 Å². The standard InChI is InChI=1S/C12H16BrN3O3S/c13-10-6-9(20(14,18)19)3-4-11(10)16-12(17)8-2-1-5-15-7-8/h3-4,6,8,15H,1-2,5,7H2,(H,16,17)(H2,14,18,19)/t8-/m0/s1. The Morgan fingerprint density at radius 3 is 2.75 bits per heavy atom. The number of nitrogens with two attached hydrogens (primary N) is 1. The van der Waals surface area contributed by atoms with Gasteiger partial charge >= 0.3 is 0 Å². The van der Waals surface area contributed by atoms with Gasteiger partial charge in [-0.1, -0.05) is 0 Å². The first-order valence-electron chi connectivity index (χ1n) is 6.22. The van der Waals surface area contributed by atoms with Crippen molar-refractivity contribution in [3.05, 3.63) is 22.7 Å². The minimum Gasteiger partial charge on any atom is -0.325 e. The third-order valence-electron chi connectivity index (χ3n) is 3.19. The molecule has 0 aliphatic carbocycles. The number of nitrogens with one attached hydrogen (secondary N) is 2. The van der Waals surface area contributed by atoms with Gasteiger partial charge in [0.1, 0.15) is 0 Å². The molecule has 110 valence electrons. The molecule has 1 aliphatic rings. The zero-order valence-electron chi connectivity index (χ0n) is 10.7. The van der Waals surface area contributed by atoms with E-state index in [2.05, 4.69) is 26.6 Å². The lowest BCUT2D eigenvalue weighted by atomic mass is 9.99. The van der Waals surface area contributed by atoms with Gasteiger partial charge in [-0.05, 0) is 53.5 Å². The van der Waals surface area contributed by atoms with E-state index in [1.165, 1.54) is 18.2 Å². The maximum Gasteiger partial charge on any atom is 0.238 e. The predicted molar refractivity (Wildman–Crippen MR) is 79.7 cm³/mol. The molecule has 0 unspecified atom stereocenters. The van der Waals surface area contributed by atoms with Crippen LogP contribution < -0.4 is 15.8 Å². The van der Waals surface area contributed by atoms with E-state index in [9.17, 15) is 13.2 Å². The molecule has 6 nitrogen and oxygen atoms in total. The zero-order chi connectivity index (χ0) is 14.8.